The summed E-state index contributed by atoms with van der Waals surface area (Å²) in [5.41, 5.74) is 3.18. The molecule has 15 heavy (non-hydrogen) atoms. The molecule has 3 heterocycles. The Kier molecular flexibility index (Phi) is 2.50. The standard InChI is InChI=1S/C11H17N3S/c1-8(11-6-15-7-13-11)14-4-9-2-12-3-10(9)5-14/h6-10,12H,2-5H2,1H3. The van der Waals surface area contributed by atoms with Crippen molar-refractivity contribution in [3.63, 3.8) is 0 Å². The monoisotopic (exact) mass is 223 g/mol. The average molecular weight is 223 g/mol. The molecule has 0 saturated carbocycles. The number of thiazole rings is 1. The van der Waals surface area contributed by atoms with Gasteiger partial charge >= 0.3 is 0 Å². The van der Waals surface area contributed by atoms with Crippen LogP contribution in [0.2, 0.25) is 0 Å². The number of rotatable bonds is 2. The molecule has 0 aliphatic carbocycles. The van der Waals surface area contributed by atoms with Crippen molar-refractivity contribution in [2.45, 2.75) is 13.0 Å². The predicted octanol–water partition coefficient (Wildman–Crippen LogP) is 1.36. The summed E-state index contributed by atoms with van der Waals surface area (Å²) >= 11 is 1.70. The number of nitrogens with one attached hydrogen (secondary N) is 1. The predicted molar refractivity (Wildman–Crippen MR) is 62.0 cm³/mol. The summed E-state index contributed by atoms with van der Waals surface area (Å²) < 4.78 is 0. The zero-order valence-electron chi connectivity index (χ0n) is 9.02. The van der Waals surface area contributed by atoms with E-state index < -0.39 is 0 Å². The maximum atomic E-state index is 4.42. The van der Waals surface area contributed by atoms with E-state index in [0.717, 1.165) is 11.8 Å². The fourth-order valence-electron chi connectivity index (χ4n) is 2.82. The van der Waals surface area contributed by atoms with Crippen LogP contribution >= 0.6 is 11.3 Å². The molecule has 3 atom stereocenters. The molecule has 3 rings (SSSR count). The smallest absolute Gasteiger partial charge is 0.0795 e. The van der Waals surface area contributed by atoms with E-state index in [9.17, 15) is 0 Å². The van der Waals surface area contributed by atoms with Crippen LogP contribution in [0.25, 0.3) is 0 Å². The first kappa shape index (κ1) is 9.75. The van der Waals surface area contributed by atoms with Crippen LogP contribution in [0.15, 0.2) is 10.9 Å². The van der Waals surface area contributed by atoms with Crippen LogP contribution in [0.3, 0.4) is 0 Å². The summed E-state index contributed by atoms with van der Waals surface area (Å²) in [4.78, 5) is 7.00. The van der Waals surface area contributed by atoms with Gasteiger partial charge in [-0.2, -0.15) is 0 Å². The molecule has 0 amide bonds. The number of aromatic nitrogens is 1. The van der Waals surface area contributed by atoms with E-state index in [1.54, 1.807) is 11.3 Å². The van der Waals surface area contributed by atoms with E-state index in [0.29, 0.717) is 6.04 Å². The third kappa shape index (κ3) is 1.71. The topological polar surface area (TPSA) is 28.2 Å². The molecule has 1 aromatic rings. The minimum absolute atomic E-state index is 0.502. The van der Waals surface area contributed by atoms with Gasteiger partial charge < -0.3 is 5.32 Å². The fraction of sp³-hybridized carbons (Fsp3) is 0.727. The molecule has 2 aliphatic heterocycles. The van der Waals surface area contributed by atoms with Crippen LogP contribution in [0.4, 0.5) is 0 Å². The molecule has 0 spiro atoms. The van der Waals surface area contributed by atoms with Crippen molar-refractivity contribution in [3.8, 4) is 0 Å². The second kappa shape index (κ2) is 3.85. The van der Waals surface area contributed by atoms with Gasteiger partial charge in [-0.15, -0.1) is 11.3 Å². The number of nitrogens with zero attached hydrogens (tertiary/aromatic N) is 2. The van der Waals surface area contributed by atoms with Crippen LogP contribution in [-0.2, 0) is 0 Å². The van der Waals surface area contributed by atoms with E-state index in [1.165, 1.54) is 31.9 Å². The Bertz CT molecular complexity index is 313. The van der Waals surface area contributed by atoms with Crippen molar-refractivity contribution in [1.29, 1.82) is 0 Å². The van der Waals surface area contributed by atoms with Crippen LogP contribution in [-0.4, -0.2) is 36.1 Å². The summed E-state index contributed by atoms with van der Waals surface area (Å²) in [5.74, 6) is 1.76. The van der Waals surface area contributed by atoms with Gasteiger partial charge in [-0.25, -0.2) is 4.98 Å². The molecule has 3 unspecified atom stereocenters. The van der Waals surface area contributed by atoms with Gasteiger partial charge in [0.05, 0.1) is 17.2 Å². The summed E-state index contributed by atoms with van der Waals surface area (Å²) in [7, 11) is 0. The van der Waals surface area contributed by atoms with E-state index in [4.69, 9.17) is 0 Å². The molecule has 0 radical (unpaired) electrons. The lowest BCUT2D eigenvalue weighted by atomic mass is 10.0. The number of fused-ring (bicyclic) bond motifs is 1. The van der Waals surface area contributed by atoms with Crippen molar-refractivity contribution in [1.82, 2.24) is 15.2 Å². The Balaban J connectivity index is 1.69. The number of hydrogen-bond donors (Lipinski definition) is 1. The van der Waals surface area contributed by atoms with Gasteiger partial charge in [0.2, 0.25) is 0 Å². The number of hydrogen-bond acceptors (Lipinski definition) is 4. The molecular weight excluding hydrogens is 206 g/mol. The minimum Gasteiger partial charge on any atom is -0.316 e. The molecule has 82 valence electrons. The Morgan fingerprint density at radius 1 is 1.47 bits per heavy atom. The first-order chi connectivity index (χ1) is 7.34. The Hall–Kier alpha value is -0.450. The van der Waals surface area contributed by atoms with Crippen molar-refractivity contribution in [3.05, 3.63) is 16.6 Å². The van der Waals surface area contributed by atoms with Crippen LogP contribution in [0.5, 0.6) is 0 Å². The van der Waals surface area contributed by atoms with Crippen LogP contribution in [0, 0.1) is 11.8 Å². The van der Waals surface area contributed by atoms with E-state index in [1.807, 2.05) is 5.51 Å². The second-order valence-electron chi connectivity index (χ2n) is 4.72. The highest BCUT2D eigenvalue weighted by molar-refractivity contribution is 7.07. The van der Waals surface area contributed by atoms with Crippen molar-refractivity contribution >= 4 is 11.3 Å². The molecule has 0 aromatic carbocycles. The lowest BCUT2D eigenvalue weighted by Gasteiger charge is -2.23. The fourth-order valence-corrected chi connectivity index (χ4v) is 3.46. The summed E-state index contributed by atoms with van der Waals surface area (Å²) in [5, 5.41) is 5.66. The van der Waals surface area contributed by atoms with Gasteiger partial charge in [0.1, 0.15) is 0 Å². The highest BCUT2D eigenvalue weighted by Crippen LogP contribution is 2.32. The normalized spacial score (nSPS) is 33.1. The SMILES string of the molecule is CC(c1cscn1)N1CC2CNCC2C1. The number of likely N-dealkylation sites (tertiary alicyclic amines) is 1. The van der Waals surface area contributed by atoms with Gasteiger partial charge in [-0.1, -0.05) is 0 Å². The van der Waals surface area contributed by atoms with Gasteiger partial charge in [-0.3, -0.25) is 4.90 Å². The van der Waals surface area contributed by atoms with Gasteiger partial charge in [0.25, 0.3) is 0 Å². The van der Waals surface area contributed by atoms with Gasteiger partial charge in [-0.05, 0) is 31.8 Å². The second-order valence-corrected chi connectivity index (χ2v) is 5.44. The van der Waals surface area contributed by atoms with E-state index >= 15 is 0 Å². The summed E-state index contributed by atoms with van der Waals surface area (Å²) in [6, 6.07) is 0.502. The molecule has 2 saturated heterocycles. The molecule has 2 aliphatic rings. The Morgan fingerprint density at radius 3 is 2.80 bits per heavy atom. The van der Waals surface area contributed by atoms with Crippen LogP contribution < -0.4 is 5.32 Å². The van der Waals surface area contributed by atoms with Crippen molar-refractivity contribution in [2.75, 3.05) is 26.2 Å². The van der Waals surface area contributed by atoms with Crippen molar-refractivity contribution < 1.29 is 0 Å². The van der Waals surface area contributed by atoms with E-state index in [-0.39, 0.29) is 0 Å². The maximum Gasteiger partial charge on any atom is 0.0795 e. The minimum atomic E-state index is 0.502. The molecular formula is C11H17N3S. The Morgan fingerprint density at radius 2 is 2.20 bits per heavy atom. The molecule has 3 nitrogen and oxygen atoms in total. The zero-order chi connectivity index (χ0) is 10.3. The quantitative estimate of drug-likeness (QED) is 0.820. The zero-order valence-corrected chi connectivity index (χ0v) is 9.83. The third-order valence-corrected chi connectivity index (χ3v) is 4.45. The molecule has 1 N–H and O–H groups in total. The first-order valence-electron chi connectivity index (χ1n) is 5.67. The highest BCUT2D eigenvalue weighted by Gasteiger charge is 2.38. The van der Waals surface area contributed by atoms with Gasteiger partial charge in [0.15, 0.2) is 0 Å². The van der Waals surface area contributed by atoms with E-state index in [2.05, 4.69) is 27.5 Å². The average Bonchev–Trinajstić information content (AvgIpc) is 2.92. The molecule has 0 bridgehead atoms. The van der Waals surface area contributed by atoms with Crippen molar-refractivity contribution in [2.24, 2.45) is 11.8 Å². The molecule has 1 aromatic heterocycles. The summed E-state index contributed by atoms with van der Waals surface area (Å²) in [6.45, 7) is 7.20. The lowest BCUT2D eigenvalue weighted by Crippen LogP contribution is -2.28. The van der Waals surface area contributed by atoms with Gasteiger partial charge in [0, 0.05) is 18.5 Å². The largest absolute Gasteiger partial charge is 0.316 e. The maximum absolute atomic E-state index is 4.42. The first-order valence-corrected chi connectivity index (χ1v) is 6.61. The van der Waals surface area contributed by atoms with Crippen LogP contribution in [0.1, 0.15) is 18.7 Å². The highest BCUT2D eigenvalue weighted by atomic mass is 32.1. The third-order valence-electron chi connectivity index (χ3n) is 3.84. The Labute approximate surface area is 94.5 Å². The lowest BCUT2D eigenvalue weighted by molar-refractivity contribution is 0.240. The summed E-state index contributed by atoms with van der Waals surface area (Å²) in [6.07, 6.45) is 0. The molecule has 4 heteroatoms. The molecule has 2 fully saturated rings.